The van der Waals surface area contributed by atoms with E-state index < -0.39 is 0 Å². The van der Waals surface area contributed by atoms with Crippen LogP contribution in [0.15, 0.2) is 13.2 Å². The third-order valence-electron chi connectivity index (χ3n) is 2.02. The minimum Gasteiger partial charge on any atom is -0.362 e. The Bertz CT molecular complexity index is 264. The Labute approximate surface area is 151 Å². The van der Waals surface area contributed by atoms with Crippen LogP contribution in [0, 0.1) is 0 Å². The lowest BCUT2D eigenvalue weighted by molar-refractivity contribution is -0.125. The first-order valence-corrected chi connectivity index (χ1v) is 8.51. The highest BCUT2D eigenvalue weighted by Crippen LogP contribution is 1.93. The van der Waals surface area contributed by atoms with E-state index >= 15 is 0 Å². The Morgan fingerprint density at radius 2 is 1.50 bits per heavy atom. The molecule has 0 fully saturated rings. The molecule has 0 unspecified atom stereocenters. The van der Waals surface area contributed by atoms with Gasteiger partial charge in [-0.05, 0) is 14.1 Å². The molecule has 0 heterocycles. The van der Waals surface area contributed by atoms with Gasteiger partial charge >= 0.3 is 0 Å². The van der Waals surface area contributed by atoms with E-state index in [1.165, 1.54) is 0 Å². The summed E-state index contributed by atoms with van der Waals surface area (Å²) in [4.78, 5) is 33.1. The zero-order chi connectivity index (χ0) is 20.4. The number of Topliss-reactive ketones (excluding diaryl/α,β-unsaturated/α-hetero) is 1. The van der Waals surface area contributed by atoms with Gasteiger partial charge in [-0.25, -0.2) is 0 Å². The zero-order valence-corrected chi connectivity index (χ0v) is 17.2. The van der Waals surface area contributed by atoms with Gasteiger partial charge in [0.15, 0.2) is 0 Å². The topological polar surface area (TPSA) is 78.5 Å². The van der Waals surface area contributed by atoms with Gasteiger partial charge < -0.3 is 15.5 Å². The van der Waals surface area contributed by atoms with Crippen molar-refractivity contribution in [2.24, 2.45) is 0 Å². The van der Waals surface area contributed by atoms with Gasteiger partial charge in [-0.2, -0.15) is 0 Å². The quantitative estimate of drug-likeness (QED) is 0.522. The molecule has 0 radical (unpaired) electrons. The van der Waals surface area contributed by atoms with Gasteiger partial charge in [0, 0.05) is 40.8 Å². The summed E-state index contributed by atoms with van der Waals surface area (Å²) < 4.78 is 0. The molecule has 0 saturated carbocycles. The number of nitrogens with zero attached hydrogens (tertiary/aromatic N) is 1. The number of hydrogen-bond donors (Lipinski definition) is 2. The number of likely N-dealkylation sites (N-methyl/N-ethyl adjacent to an activating group) is 1. The summed E-state index contributed by atoms with van der Waals surface area (Å²) in [5, 5.41) is 5.01. The van der Waals surface area contributed by atoms with Crippen LogP contribution in [0.3, 0.4) is 0 Å². The lowest BCUT2D eigenvalue weighted by Crippen LogP contribution is -2.31. The van der Waals surface area contributed by atoms with Crippen LogP contribution in [0.1, 0.15) is 55.3 Å². The van der Waals surface area contributed by atoms with Crippen molar-refractivity contribution in [1.82, 2.24) is 15.5 Å². The predicted molar refractivity (Wildman–Crippen MR) is 107 cm³/mol. The highest BCUT2D eigenvalue weighted by Gasteiger charge is 2.04. The standard InChI is InChI=1S/C10H20N2O2.C2H5NO.2C2H6.C2H4.H2/c1-4-9(13)5-6-10(14)11-7-8-12(2)3;1-3-2-4;3*1-2;/h4-8H2,1-3H3,(H,11,14);2H,1H3,(H,3,4);2*1-2H3;1-2H2;1H. The van der Waals surface area contributed by atoms with E-state index in [9.17, 15) is 9.59 Å². The van der Waals surface area contributed by atoms with Crippen LogP contribution in [-0.2, 0) is 14.4 Å². The molecule has 6 nitrogen and oxygen atoms in total. The van der Waals surface area contributed by atoms with Crippen LogP contribution in [0.5, 0.6) is 0 Å². The first kappa shape index (κ1) is 33.8. The molecule has 24 heavy (non-hydrogen) atoms. The largest absolute Gasteiger partial charge is 0.362 e. The summed E-state index contributed by atoms with van der Waals surface area (Å²) in [6, 6.07) is 0. The summed E-state index contributed by atoms with van der Waals surface area (Å²) in [5.41, 5.74) is 0. The maximum Gasteiger partial charge on any atom is 0.220 e. The number of carbonyl (C=O) groups is 3. The second-order valence-electron chi connectivity index (χ2n) is 3.95. The average Bonchev–Trinajstić information content (AvgIpc) is 2.64. The fourth-order valence-electron chi connectivity index (χ4n) is 0.937. The highest BCUT2D eigenvalue weighted by atomic mass is 16.2. The third kappa shape index (κ3) is 50.0. The van der Waals surface area contributed by atoms with E-state index in [0.29, 0.717) is 32.2 Å². The van der Waals surface area contributed by atoms with Crippen LogP contribution in [-0.4, -0.2) is 57.2 Å². The number of rotatable bonds is 8. The molecule has 0 saturated heterocycles. The summed E-state index contributed by atoms with van der Waals surface area (Å²) in [6.07, 6.45) is 1.83. The molecule has 0 aliphatic carbocycles. The number of hydrogen-bond acceptors (Lipinski definition) is 4. The van der Waals surface area contributed by atoms with Crippen molar-refractivity contribution in [1.29, 1.82) is 0 Å². The Morgan fingerprint density at radius 1 is 1.08 bits per heavy atom. The molecule has 2 N–H and O–H groups in total. The van der Waals surface area contributed by atoms with Crippen LogP contribution in [0.2, 0.25) is 0 Å². The lowest BCUT2D eigenvalue weighted by atomic mass is 10.2. The first-order chi connectivity index (χ1) is 11.5. The molecule has 0 atom stereocenters. The molecule has 2 amide bonds. The third-order valence-corrected chi connectivity index (χ3v) is 2.02. The van der Waals surface area contributed by atoms with Gasteiger partial charge in [0.1, 0.15) is 5.78 Å². The summed E-state index contributed by atoms with van der Waals surface area (Å²) >= 11 is 0. The molecular formula is C18H43N3O3. The van der Waals surface area contributed by atoms with E-state index in [1.54, 1.807) is 7.05 Å². The lowest BCUT2D eigenvalue weighted by Gasteiger charge is -2.09. The van der Waals surface area contributed by atoms with Crippen molar-refractivity contribution < 1.29 is 15.8 Å². The second-order valence-corrected chi connectivity index (χ2v) is 3.95. The van der Waals surface area contributed by atoms with E-state index in [-0.39, 0.29) is 13.1 Å². The predicted octanol–water partition coefficient (Wildman–Crippen LogP) is 2.89. The highest BCUT2D eigenvalue weighted by molar-refractivity contribution is 5.84. The number of carbonyl (C=O) groups excluding carboxylic acids is 3. The number of amides is 2. The maximum absolute atomic E-state index is 11.2. The van der Waals surface area contributed by atoms with Gasteiger partial charge in [0.2, 0.25) is 12.3 Å². The molecule has 0 aromatic heterocycles. The Morgan fingerprint density at radius 3 is 1.79 bits per heavy atom. The van der Waals surface area contributed by atoms with E-state index in [0.717, 1.165) is 6.54 Å². The van der Waals surface area contributed by atoms with Gasteiger partial charge in [0.25, 0.3) is 0 Å². The van der Waals surface area contributed by atoms with Crippen molar-refractivity contribution in [3.63, 3.8) is 0 Å². The maximum atomic E-state index is 11.2. The molecule has 0 aliphatic rings. The Hall–Kier alpha value is -1.69. The summed E-state index contributed by atoms with van der Waals surface area (Å²) in [6.45, 7) is 17.3. The number of ketones is 1. The van der Waals surface area contributed by atoms with Crippen LogP contribution < -0.4 is 10.6 Å². The molecule has 0 aliphatic heterocycles. The monoisotopic (exact) mass is 349 g/mol. The molecule has 6 heteroatoms. The SMILES string of the molecule is C=C.CC.CC.CCC(=O)CCC(=O)NCCN(C)C.CNC=O.[HH]. The molecule has 148 valence electrons. The summed E-state index contributed by atoms with van der Waals surface area (Å²) in [7, 11) is 5.46. The Balaban J connectivity index is -0.0000000691. The zero-order valence-electron chi connectivity index (χ0n) is 17.2. The van der Waals surface area contributed by atoms with Gasteiger partial charge in [0.05, 0.1) is 0 Å². The first-order valence-electron chi connectivity index (χ1n) is 8.51. The van der Waals surface area contributed by atoms with Crippen LogP contribution in [0.4, 0.5) is 0 Å². The van der Waals surface area contributed by atoms with Crippen molar-refractivity contribution in [3.05, 3.63) is 13.2 Å². The van der Waals surface area contributed by atoms with Crippen molar-refractivity contribution in [2.45, 2.75) is 53.9 Å². The van der Waals surface area contributed by atoms with Crippen LogP contribution in [0.25, 0.3) is 0 Å². The smallest absolute Gasteiger partial charge is 0.220 e. The molecular weight excluding hydrogens is 306 g/mol. The van der Waals surface area contributed by atoms with Gasteiger partial charge in [-0.1, -0.05) is 34.6 Å². The van der Waals surface area contributed by atoms with Crippen molar-refractivity contribution in [2.75, 3.05) is 34.2 Å². The van der Waals surface area contributed by atoms with Gasteiger partial charge in [-0.15, -0.1) is 13.2 Å². The molecule has 0 rings (SSSR count). The summed E-state index contributed by atoms with van der Waals surface area (Å²) in [5.74, 6) is 0.112. The molecule has 0 aromatic carbocycles. The van der Waals surface area contributed by atoms with E-state index in [1.807, 2.05) is 53.6 Å². The Kier molecular flexibility index (Phi) is 52.8. The van der Waals surface area contributed by atoms with Crippen molar-refractivity contribution >= 4 is 18.1 Å². The fourth-order valence-corrected chi connectivity index (χ4v) is 0.937. The minimum absolute atomic E-state index is 0. The van der Waals surface area contributed by atoms with Crippen LogP contribution >= 0.6 is 0 Å². The van der Waals surface area contributed by atoms with Gasteiger partial charge in [-0.3, -0.25) is 14.4 Å². The molecule has 0 bridgehead atoms. The normalized spacial score (nSPS) is 7.54. The van der Waals surface area contributed by atoms with Crippen molar-refractivity contribution in [3.8, 4) is 0 Å². The molecule has 0 aromatic rings. The fraction of sp³-hybridized carbons (Fsp3) is 0.722. The van der Waals surface area contributed by atoms with E-state index in [2.05, 4.69) is 23.8 Å². The number of nitrogens with one attached hydrogen (secondary N) is 2. The average molecular weight is 350 g/mol. The van der Waals surface area contributed by atoms with E-state index in [4.69, 9.17) is 4.79 Å². The second kappa shape index (κ2) is 37.5. The minimum atomic E-state index is -0.0337. The molecule has 0 spiro atoms.